The van der Waals surface area contributed by atoms with E-state index in [9.17, 15) is 0 Å². The SMILES string of the molecule is CC(C)(CNCCCOCC1CC1)N1CCNCC1. The van der Waals surface area contributed by atoms with E-state index in [1.54, 1.807) is 0 Å². The van der Waals surface area contributed by atoms with E-state index in [1.807, 2.05) is 0 Å². The highest BCUT2D eigenvalue weighted by Gasteiger charge is 2.27. The zero-order valence-electron chi connectivity index (χ0n) is 12.7. The summed E-state index contributed by atoms with van der Waals surface area (Å²) in [6.45, 7) is 13.3. The first kappa shape index (κ1) is 15.2. The first-order chi connectivity index (χ1) is 9.18. The summed E-state index contributed by atoms with van der Waals surface area (Å²) in [6.07, 6.45) is 3.90. The predicted molar refractivity (Wildman–Crippen MR) is 79.6 cm³/mol. The fourth-order valence-corrected chi connectivity index (χ4v) is 2.61. The molecule has 0 bridgehead atoms. The summed E-state index contributed by atoms with van der Waals surface area (Å²) >= 11 is 0. The summed E-state index contributed by atoms with van der Waals surface area (Å²) < 4.78 is 5.65. The predicted octanol–water partition coefficient (Wildman–Crippen LogP) is 1.08. The van der Waals surface area contributed by atoms with Crippen LogP contribution in [0.3, 0.4) is 0 Å². The third-order valence-electron chi connectivity index (χ3n) is 4.22. The molecule has 1 saturated heterocycles. The summed E-state index contributed by atoms with van der Waals surface area (Å²) in [5.41, 5.74) is 0.261. The van der Waals surface area contributed by atoms with Crippen molar-refractivity contribution in [2.45, 2.75) is 38.6 Å². The Balaban J connectivity index is 1.48. The highest BCUT2D eigenvalue weighted by molar-refractivity contribution is 4.86. The van der Waals surface area contributed by atoms with Crippen LogP contribution >= 0.6 is 0 Å². The molecule has 0 atom stereocenters. The Morgan fingerprint density at radius 1 is 1.26 bits per heavy atom. The lowest BCUT2D eigenvalue weighted by Gasteiger charge is -2.41. The smallest absolute Gasteiger partial charge is 0.0494 e. The maximum Gasteiger partial charge on any atom is 0.0494 e. The number of nitrogens with zero attached hydrogens (tertiary/aromatic N) is 1. The lowest BCUT2D eigenvalue weighted by Crippen LogP contribution is -2.57. The third-order valence-corrected chi connectivity index (χ3v) is 4.22. The number of hydrogen-bond acceptors (Lipinski definition) is 4. The molecule has 1 saturated carbocycles. The van der Waals surface area contributed by atoms with E-state index in [4.69, 9.17) is 4.74 Å². The Morgan fingerprint density at radius 2 is 2.00 bits per heavy atom. The molecule has 0 amide bonds. The minimum Gasteiger partial charge on any atom is -0.381 e. The average molecular weight is 269 g/mol. The van der Waals surface area contributed by atoms with E-state index in [0.717, 1.165) is 51.7 Å². The van der Waals surface area contributed by atoms with E-state index < -0.39 is 0 Å². The number of hydrogen-bond donors (Lipinski definition) is 2. The molecule has 4 heteroatoms. The van der Waals surface area contributed by atoms with Crippen molar-refractivity contribution in [2.24, 2.45) is 5.92 Å². The summed E-state index contributed by atoms with van der Waals surface area (Å²) in [5.74, 6) is 0.889. The molecule has 19 heavy (non-hydrogen) atoms. The van der Waals surface area contributed by atoms with Gasteiger partial charge < -0.3 is 15.4 Å². The minimum absolute atomic E-state index is 0.261. The third kappa shape index (κ3) is 5.78. The lowest BCUT2D eigenvalue weighted by molar-refractivity contribution is 0.0986. The Kier molecular flexibility index (Phi) is 6.07. The molecular weight excluding hydrogens is 238 g/mol. The second kappa shape index (κ2) is 7.58. The van der Waals surface area contributed by atoms with Gasteiger partial charge in [-0.25, -0.2) is 0 Å². The fourth-order valence-electron chi connectivity index (χ4n) is 2.61. The van der Waals surface area contributed by atoms with Crippen LogP contribution in [0, 0.1) is 5.92 Å². The standard InChI is InChI=1S/C15H31N3O/c1-15(2,18-9-7-16-8-10-18)13-17-6-3-11-19-12-14-4-5-14/h14,16-17H,3-13H2,1-2H3. The van der Waals surface area contributed by atoms with Crippen molar-refractivity contribution in [3.05, 3.63) is 0 Å². The van der Waals surface area contributed by atoms with Crippen LogP contribution in [0.2, 0.25) is 0 Å². The normalized spacial score (nSPS) is 21.8. The van der Waals surface area contributed by atoms with Gasteiger partial charge in [-0.3, -0.25) is 4.90 Å². The van der Waals surface area contributed by atoms with Crippen LogP contribution in [-0.4, -0.2) is 62.9 Å². The molecule has 1 heterocycles. The highest BCUT2D eigenvalue weighted by atomic mass is 16.5. The molecule has 2 aliphatic rings. The van der Waals surface area contributed by atoms with Crippen LogP contribution in [0.25, 0.3) is 0 Å². The topological polar surface area (TPSA) is 36.5 Å². The van der Waals surface area contributed by atoms with Crippen molar-refractivity contribution in [3.8, 4) is 0 Å². The molecule has 2 N–H and O–H groups in total. The first-order valence-corrected chi connectivity index (χ1v) is 7.93. The Labute approximate surface area is 118 Å². The molecule has 112 valence electrons. The van der Waals surface area contributed by atoms with E-state index >= 15 is 0 Å². The Bertz CT molecular complexity index is 248. The van der Waals surface area contributed by atoms with E-state index in [2.05, 4.69) is 29.4 Å². The van der Waals surface area contributed by atoms with Crippen molar-refractivity contribution >= 4 is 0 Å². The van der Waals surface area contributed by atoms with Crippen LogP contribution in [-0.2, 0) is 4.74 Å². The molecule has 2 rings (SSSR count). The van der Waals surface area contributed by atoms with Gasteiger partial charge in [-0.2, -0.15) is 0 Å². The summed E-state index contributed by atoms with van der Waals surface area (Å²) in [4.78, 5) is 2.58. The maximum atomic E-state index is 5.65. The van der Waals surface area contributed by atoms with Gasteiger partial charge in [0.25, 0.3) is 0 Å². The lowest BCUT2D eigenvalue weighted by atomic mass is 10.0. The molecule has 0 radical (unpaired) electrons. The highest BCUT2D eigenvalue weighted by Crippen LogP contribution is 2.28. The summed E-state index contributed by atoms with van der Waals surface area (Å²) in [6, 6.07) is 0. The molecule has 0 aromatic rings. The van der Waals surface area contributed by atoms with Crippen LogP contribution in [0.1, 0.15) is 33.1 Å². The van der Waals surface area contributed by atoms with Crippen molar-refractivity contribution in [1.82, 2.24) is 15.5 Å². The number of ether oxygens (including phenoxy) is 1. The molecule has 2 fully saturated rings. The van der Waals surface area contributed by atoms with Crippen molar-refractivity contribution in [3.63, 3.8) is 0 Å². The van der Waals surface area contributed by atoms with Gasteiger partial charge >= 0.3 is 0 Å². The summed E-state index contributed by atoms with van der Waals surface area (Å²) in [5, 5.41) is 7.00. The fraction of sp³-hybridized carbons (Fsp3) is 1.00. The molecule has 1 aliphatic heterocycles. The summed E-state index contributed by atoms with van der Waals surface area (Å²) in [7, 11) is 0. The van der Waals surface area contributed by atoms with Gasteiger partial charge in [0.15, 0.2) is 0 Å². The average Bonchev–Trinajstić information content (AvgIpc) is 3.23. The van der Waals surface area contributed by atoms with Gasteiger partial charge in [0, 0.05) is 51.5 Å². The molecule has 0 spiro atoms. The van der Waals surface area contributed by atoms with Crippen LogP contribution in [0.4, 0.5) is 0 Å². The van der Waals surface area contributed by atoms with Crippen molar-refractivity contribution < 1.29 is 4.74 Å². The maximum absolute atomic E-state index is 5.65. The molecule has 4 nitrogen and oxygen atoms in total. The van der Waals surface area contributed by atoms with Gasteiger partial charge in [0.2, 0.25) is 0 Å². The first-order valence-electron chi connectivity index (χ1n) is 7.93. The second-order valence-electron chi connectivity index (χ2n) is 6.60. The van der Waals surface area contributed by atoms with Gasteiger partial charge in [0.05, 0.1) is 0 Å². The van der Waals surface area contributed by atoms with Crippen LogP contribution in [0.15, 0.2) is 0 Å². The van der Waals surface area contributed by atoms with Crippen LogP contribution < -0.4 is 10.6 Å². The monoisotopic (exact) mass is 269 g/mol. The number of rotatable bonds is 9. The van der Waals surface area contributed by atoms with E-state index in [-0.39, 0.29) is 5.54 Å². The quantitative estimate of drug-likeness (QED) is 0.614. The van der Waals surface area contributed by atoms with Gasteiger partial charge in [-0.15, -0.1) is 0 Å². The van der Waals surface area contributed by atoms with Crippen molar-refractivity contribution in [2.75, 3.05) is 52.5 Å². The van der Waals surface area contributed by atoms with Gasteiger partial charge in [0.1, 0.15) is 0 Å². The minimum atomic E-state index is 0.261. The Hall–Kier alpha value is -0.160. The largest absolute Gasteiger partial charge is 0.381 e. The number of piperazine rings is 1. The second-order valence-corrected chi connectivity index (χ2v) is 6.60. The zero-order chi connectivity index (χ0) is 13.6. The molecule has 0 aromatic carbocycles. The van der Waals surface area contributed by atoms with E-state index in [1.165, 1.54) is 25.9 Å². The Morgan fingerprint density at radius 3 is 2.68 bits per heavy atom. The zero-order valence-corrected chi connectivity index (χ0v) is 12.7. The molecule has 0 aromatic heterocycles. The van der Waals surface area contributed by atoms with Gasteiger partial charge in [-0.05, 0) is 45.6 Å². The van der Waals surface area contributed by atoms with Crippen LogP contribution in [0.5, 0.6) is 0 Å². The van der Waals surface area contributed by atoms with Crippen molar-refractivity contribution in [1.29, 1.82) is 0 Å². The van der Waals surface area contributed by atoms with E-state index in [0.29, 0.717) is 0 Å². The molecular formula is C15H31N3O. The molecule has 0 unspecified atom stereocenters. The molecule has 1 aliphatic carbocycles. The number of nitrogens with one attached hydrogen (secondary N) is 2. The van der Waals surface area contributed by atoms with Gasteiger partial charge in [-0.1, -0.05) is 0 Å².